The number of unbranched alkanes of at least 4 members (excludes halogenated alkanes) is 1. The first-order valence-corrected chi connectivity index (χ1v) is 10.3. The molecule has 148 valence electrons. The lowest BCUT2D eigenvalue weighted by Crippen LogP contribution is -2.13. The van der Waals surface area contributed by atoms with Gasteiger partial charge in [-0.1, -0.05) is 50.2 Å². The van der Waals surface area contributed by atoms with Gasteiger partial charge in [-0.15, -0.1) is 0 Å². The lowest BCUT2D eigenvalue weighted by atomic mass is 9.77. The van der Waals surface area contributed by atoms with E-state index in [4.69, 9.17) is 0 Å². The summed E-state index contributed by atoms with van der Waals surface area (Å²) in [6.45, 7) is -0.533. The van der Waals surface area contributed by atoms with Crippen molar-refractivity contribution in [3.05, 3.63) is 65.2 Å². The maximum atomic E-state index is 12.2. The van der Waals surface area contributed by atoms with Gasteiger partial charge < -0.3 is 4.74 Å². The highest BCUT2D eigenvalue weighted by atomic mass is 19.3. The molecule has 0 unspecified atom stereocenters. The second kappa shape index (κ2) is 10.3. The SMILES string of the molecule is CCCCC1CCC(c2ccc(C#Cc3ccc(OC(F)F)cc3)cc2)CC1. The van der Waals surface area contributed by atoms with E-state index in [1.807, 2.05) is 0 Å². The first kappa shape index (κ1) is 20.4. The van der Waals surface area contributed by atoms with Gasteiger partial charge in [0.2, 0.25) is 0 Å². The molecular formula is C25H28F2O. The summed E-state index contributed by atoms with van der Waals surface area (Å²) in [4.78, 5) is 0. The molecular weight excluding hydrogens is 354 g/mol. The van der Waals surface area contributed by atoms with Crippen LogP contribution in [-0.2, 0) is 0 Å². The molecule has 3 heteroatoms. The van der Waals surface area contributed by atoms with Gasteiger partial charge in [0.1, 0.15) is 5.75 Å². The zero-order valence-electron chi connectivity index (χ0n) is 16.5. The highest BCUT2D eigenvalue weighted by Gasteiger charge is 2.21. The van der Waals surface area contributed by atoms with Gasteiger partial charge in [0.15, 0.2) is 0 Å². The number of hydrogen-bond donors (Lipinski definition) is 0. The molecule has 28 heavy (non-hydrogen) atoms. The van der Waals surface area contributed by atoms with Crippen molar-refractivity contribution in [1.82, 2.24) is 0 Å². The van der Waals surface area contributed by atoms with E-state index in [2.05, 4.69) is 47.8 Å². The van der Waals surface area contributed by atoms with Crippen molar-refractivity contribution >= 4 is 0 Å². The van der Waals surface area contributed by atoms with Gasteiger partial charge in [-0.05, 0) is 79.5 Å². The minimum atomic E-state index is -2.80. The van der Waals surface area contributed by atoms with E-state index in [1.165, 1.54) is 62.6 Å². The third-order valence-electron chi connectivity index (χ3n) is 5.63. The summed E-state index contributed by atoms with van der Waals surface area (Å²) in [7, 11) is 0. The number of hydrogen-bond acceptors (Lipinski definition) is 1. The summed E-state index contributed by atoms with van der Waals surface area (Å²) in [5, 5.41) is 0. The van der Waals surface area contributed by atoms with Crippen LogP contribution in [0, 0.1) is 17.8 Å². The van der Waals surface area contributed by atoms with E-state index in [1.54, 1.807) is 12.1 Å². The molecule has 2 aromatic rings. The summed E-state index contributed by atoms with van der Waals surface area (Å²) in [5.74, 6) is 7.97. The molecule has 1 fully saturated rings. The Kier molecular flexibility index (Phi) is 7.48. The van der Waals surface area contributed by atoms with Crippen molar-refractivity contribution in [2.75, 3.05) is 0 Å². The average Bonchev–Trinajstić information content (AvgIpc) is 2.72. The normalized spacial score (nSPS) is 19.1. The molecule has 1 aliphatic rings. The van der Waals surface area contributed by atoms with Gasteiger partial charge in [0.25, 0.3) is 0 Å². The first-order chi connectivity index (χ1) is 13.6. The van der Waals surface area contributed by atoms with Gasteiger partial charge in [-0.25, -0.2) is 0 Å². The highest BCUT2D eigenvalue weighted by molar-refractivity contribution is 5.45. The fourth-order valence-electron chi connectivity index (χ4n) is 3.98. The van der Waals surface area contributed by atoms with E-state index in [0.717, 1.165) is 17.0 Å². The molecule has 2 aromatic carbocycles. The Morgan fingerprint density at radius 1 is 0.893 bits per heavy atom. The van der Waals surface area contributed by atoms with Crippen molar-refractivity contribution in [1.29, 1.82) is 0 Å². The topological polar surface area (TPSA) is 9.23 Å². The predicted molar refractivity (Wildman–Crippen MR) is 110 cm³/mol. The number of halogens is 2. The molecule has 3 rings (SSSR count). The molecule has 0 saturated heterocycles. The van der Waals surface area contributed by atoms with E-state index < -0.39 is 6.61 Å². The minimum Gasteiger partial charge on any atom is -0.435 e. The first-order valence-electron chi connectivity index (χ1n) is 10.3. The molecule has 0 N–H and O–H groups in total. The number of rotatable bonds is 6. The predicted octanol–water partition coefficient (Wildman–Crippen LogP) is 7.15. The van der Waals surface area contributed by atoms with Gasteiger partial charge in [0, 0.05) is 11.1 Å². The molecule has 1 aliphatic carbocycles. The molecule has 0 amide bonds. The summed E-state index contributed by atoms with van der Waals surface area (Å²) >= 11 is 0. The Morgan fingerprint density at radius 2 is 1.46 bits per heavy atom. The van der Waals surface area contributed by atoms with Crippen molar-refractivity contribution in [3.63, 3.8) is 0 Å². The smallest absolute Gasteiger partial charge is 0.387 e. The van der Waals surface area contributed by atoms with Gasteiger partial charge in [-0.3, -0.25) is 0 Å². The van der Waals surface area contributed by atoms with Crippen molar-refractivity contribution in [3.8, 4) is 17.6 Å². The largest absolute Gasteiger partial charge is 0.435 e. The average molecular weight is 382 g/mol. The maximum absolute atomic E-state index is 12.2. The van der Waals surface area contributed by atoms with Gasteiger partial charge in [0.05, 0.1) is 0 Å². The number of alkyl halides is 2. The number of benzene rings is 2. The van der Waals surface area contributed by atoms with Crippen LogP contribution in [-0.4, -0.2) is 6.61 Å². The maximum Gasteiger partial charge on any atom is 0.387 e. The monoisotopic (exact) mass is 382 g/mol. The van der Waals surface area contributed by atoms with E-state index in [0.29, 0.717) is 5.92 Å². The molecule has 0 spiro atoms. The molecule has 0 aliphatic heterocycles. The second-order valence-corrected chi connectivity index (χ2v) is 7.63. The summed E-state index contributed by atoms with van der Waals surface area (Å²) in [5.41, 5.74) is 3.16. The van der Waals surface area contributed by atoms with Crippen LogP contribution >= 0.6 is 0 Å². The molecule has 0 bridgehead atoms. The molecule has 0 heterocycles. The van der Waals surface area contributed by atoms with Crippen LogP contribution in [0.2, 0.25) is 0 Å². The van der Waals surface area contributed by atoms with Gasteiger partial charge in [-0.2, -0.15) is 8.78 Å². The molecule has 1 nitrogen and oxygen atoms in total. The highest BCUT2D eigenvalue weighted by Crippen LogP contribution is 2.37. The summed E-state index contributed by atoms with van der Waals surface area (Å²) in [6.07, 6.45) is 9.38. The standard InChI is InChI=1S/C25H28F2O/c1-2-3-4-19-7-13-22(14-8-19)23-15-9-20(10-16-23)5-6-21-11-17-24(18-12-21)28-25(26)27/h9-12,15-19,22,25H,2-4,7-8,13-14H2,1H3. The van der Waals surface area contributed by atoms with Crippen molar-refractivity contribution in [2.45, 2.75) is 64.4 Å². The second-order valence-electron chi connectivity index (χ2n) is 7.63. The molecule has 0 aromatic heterocycles. The van der Waals surface area contributed by atoms with E-state index in [-0.39, 0.29) is 5.75 Å². The fourth-order valence-corrected chi connectivity index (χ4v) is 3.98. The summed E-state index contributed by atoms with van der Waals surface area (Å²) in [6, 6.07) is 15.0. The van der Waals surface area contributed by atoms with Crippen molar-refractivity contribution < 1.29 is 13.5 Å². The zero-order chi connectivity index (χ0) is 19.8. The van der Waals surface area contributed by atoms with Crippen LogP contribution in [0.4, 0.5) is 8.78 Å². The van der Waals surface area contributed by atoms with Crippen LogP contribution in [0.1, 0.15) is 74.5 Å². The molecule has 0 radical (unpaired) electrons. The Hall–Kier alpha value is -2.34. The lowest BCUT2D eigenvalue weighted by molar-refractivity contribution is -0.0498. The quantitative estimate of drug-likeness (QED) is 0.482. The van der Waals surface area contributed by atoms with Crippen LogP contribution in [0.15, 0.2) is 48.5 Å². The minimum absolute atomic E-state index is 0.148. The molecule has 1 saturated carbocycles. The van der Waals surface area contributed by atoms with Gasteiger partial charge >= 0.3 is 6.61 Å². The van der Waals surface area contributed by atoms with Crippen LogP contribution in [0.3, 0.4) is 0 Å². The Balaban J connectivity index is 1.55. The molecule has 0 atom stereocenters. The third-order valence-corrected chi connectivity index (χ3v) is 5.63. The Labute approximate surface area is 167 Å². The van der Waals surface area contributed by atoms with Crippen LogP contribution in [0.25, 0.3) is 0 Å². The summed E-state index contributed by atoms with van der Waals surface area (Å²) < 4.78 is 28.7. The van der Waals surface area contributed by atoms with Crippen LogP contribution in [0.5, 0.6) is 5.75 Å². The zero-order valence-corrected chi connectivity index (χ0v) is 16.5. The van der Waals surface area contributed by atoms with Crippen molar-refractivity contribution in [2.24, 2.45) is 5.92 Å². The van der Waals surface area contributed by atoms with E-state index in [9.17, 15) is 8.78 Å². The van der Waals surface area contributed by atoms with Crippen LogP contribution < -0.4 is 4.74 Å². The number of ether oxygens (including phenoxy) is 1. The Bertz CT molecular complexity index is 776. The fraction of sp³-hybridized carbons (Fsp3) is 0.440. The lowest BCUT2D eigenvalue weighted by Gasteiger charge is -2.28. The van der Waals surface area contributed by atoms with E-state index >= 15 is 0 Å². The third kappa shape index (κ3) is 6.09. The Morgan fingerprint density at radius 3 is 2.00 bits per heavy atom.